The minimum Gasteiger partial charge on any atom is -0.482 e. The van der Waals surface area contributed by atoms with Gasteiger partial charge < -0.3 is 9.47 Å². The molecule has 2 aromatic rings. The Morgan fingerprint density at radius 2 is 1.74 bits per heavy atom. The number of carbonyl (C=O) groups excluding carboxylic acids is 1. The normalized spacial score (nSPS) is 9.42. The number of hydrogen-bond donors (Lipinski definition) is 0. The van der Waals surface area contributed by atoms with Crippen LogP contribution in [0.15, 0.2) is 54.6 Å². The van der Waals surface area contributed by atoms with Crippen molar-refractivity contribution in [3.63, 3.8) is 0 Å². The van der Waals surface area contributed by atoms with E-state index in [1.807, 2.05) is 24.3 Å². The van der Waals surface area contributed by atoms with Gasteiger partial charge in [-0.05, 0) is 24.3 Å². The van der Waals surface area contributed by atoms with Gasteiger partial charge in [-0.1, -0.05) is 30.3 Å². The molecular weight excluding hydrogens is 242 g/mol. The molecule has 0 saturated carbocycles. The summed E-state index contributed by atoms with van der Waals surface area (Å²) in [4.78, 5) is 11.6. The Kier molecular flexibility index (Phi) is 4.14. The van der Waals surface area contributed by atoms with Crippen molar-refractivity contribution < 1.29 is 14.3 Å². The van der Waals surface area contributed by atoms with Crippen molar-refractivity contribution in [3.05, 3.63) is 60.2 Å². The standard InChI is InChI=1S/C15H11NO3/c16-10-12-6-4-5-9-14(12)19-15(17)11-18-13-7-2-1-3-8-13/h1-9H,11H2. The Morgan fingerprint density at radius 3 is 2.47 bits per heavy atom. The van der Waals surface area contributed by atoms with Gasteiger partial charge in [-0.2, -0.15) is 5.26 Å². The van der Waals surface area contributed by atoms with Gasteiger partial charge in [0.15, 0.2) is 6.61 Å². The fourth-order valence-corrected chi connectivity index (χ4v) is 1.46. The minimum atomic E-state index is -0.549. The summed E-state index contributed by atoms with van der Waals surface area (Å²) in [6.45, 7) is -0.205. The quantitative estimate of drug-likeness (QED) is 0.620. The van der Waals surface area contributed by atoms with Gasteiger partial charge in [0, 0.05) is 0 Å². The molecule has 0 aliphatic rings. The lowest BCUT2D eigenvalue weighted by molar-refractivity contribution is -0.136. The molecule has 0 saturated heterocycles. The molecule has 0 bridgehead atoms. The minimum absolute atomic E-state index is 0.205. The van der Waals surface area contributed by atoms with Crippen LogP contribution in [-0.4, -0.2) is 12.6 Å². The van der Waals surface area contributed by atoms with Crippen molar-refractivity contribution in [1.82, 2.24) is 0 Å². The second-order valence-electron chi connectivity index (χ2n) is 3.68. The van der Waals surface area contributed by atoms with E-state index in [-0.39, 0.29) is 12.4 Å². The van der Waals surface area contributed by atoms with Crippen LogP contribution in [0.5, 0.6) is 11.5 Å². The van der Waals surface area contributed by atoms with Crippen LogP contribution < -0.4 is 9.47 Å². The predicted molar refractivity (Wildman–Crippen MR) is 68.7 cm³/mol. The Bertz CT molecular complexity index is 602. The van der Waals surface area contributed by atoms with E-state index < -0.39 is 5.97 Å². The largest absolute Gasteiger partial charge is 0.482 e. The molecule has 0 amide bonds. The smallest absolute Gasteiger partial charge is 0.349 e. The molecule has 0 fully saturated rings. The Labute approximate surface area is 110 Å². The molecule has 94 valence electrons. The Balaban J connectivity index is 1.93. The van der Waals surface area contributed by atoms with E-state index in [0.29, 0.717) is 11.3 Å². The number of carbonyl (C=O) groups is 1. The van der Waals surface area contributed by atoms with Crippen LogP contribution in [0, 0.1) is 11.3 Å². The van der Waals surface area contributed by atoms with Gasteiger partial charge in [-0.25, -0.2) is 4.79 Å². The maximum atomic E-state index is 11.6. The first-order chi connectivity index (χ1) is 9.29. The van der Waals surface area contributed by atoms with Crippen molar-refractivity contribution >= 4 is 5.97 Å². The zero-order valence-corrected chi connectivity index (χ0v) is 10.1. The fourth-order valence-electron chi connectivity index (χ4n) is 1.46. The average molecular weight is 253 g/mol. The predicted octanol–water partition coefficient (Wildman–Crippen LogP) is 2.54. The summed E-state index contributed by atoms with van der Waals surface area (Å²) < 4.78 is 10.3. The average Bonchev–Trinajstić information content (AvgIpc) is 2.47. The lowest BCUT2D eigenvalue weighted by Crippen LogP contribution is -2.18. The highest BCUT2D eigenvalue weighted by atomic mass is 16.6. The number of nitrogens with zero attached hydrogens (tertiary/aromatic N) is 1. The summed E-state index contributed by atoms with van der Waals surface area (Å²) in [5.74, 6) is 0.284. The third kappa shape index (κ3) is 3.58. The van der Waals surface area contributed by atoms with E-state index in [1.54, 1.807) is 36.4 Å². The maximum absolute atomic E-state index is 11.6. The van der Waals surface area contributed by atoms with Crippen molar-refractivity contribution in [3.8, 4) is 17.6 Å². The van der Waals surface area contributed by atoms with Crippen LogP contribution in [0.4, 0.5) is 0 Å². The number of hydrogen-bond acceptors (Lipinski definition) is 4. The zero-order valence-electron chi connectivity index (χ0n) is 10.1. The fraction of sp³-hybridized carbons (Fsp3) is 0.0667. The molecule has 2 aromatic carbocycles. The molecule has 2 rings (SSSR count). The van der Waals surface area contributed by atoms with Crippen LogP contribution in [0.25, 0.3) is 0 Å². The van der Waals surface area contributed by atoms with Gasteiger partial charge in [0.2, 0.25) is 0 Å². The van der Waals surface area contributed by atoms with E-state index in [1.165, 1.54) is 0 Å². The van der Waals surface area contributed by atoms with Crippen LogP contribution in [-0.2, 0) is 4.79 Å². The number of esters is 1. The first-order valence-electron chi connectivity index (χ1n) is 5.67. The van der Waals surface area contributed by atoms with Crippen molar-refractivity contribution in [2.24, 2.45) is 0 Å². The van der Waals surface area contributed by atoms with Crippen LogP contribution in [0.1, 0.15) is 5.56 Å². The molecule has 4 nitrogen and oxygen atoms in total. The summed E-state index contributed by atoms with van der Waals surface area (Å²) in [6.07, 6.45) is 0. The molecule has 0 atom stereocenters. The summed E-state index contributed by atoms with van der Waals surface area (Å²) in [6, 6.07) is 17.5. The molecule has 0 aromatic heterocycles. The third-order valence-electron chi connectivity index (χ3n) is 2.33. The third-order valence-corrected chi connectivity index (χ3v) is 2.33. The van der Waals surface area contributed by atoms with E-state index >= 15 is 0 Å². The highest BCUT2D eigenvalue weighted by Crippen LogP contribution is 2.17. The first kappa shape index (κ1) is 12.7. The number of nitriles is 1. The highest BCUT2D eigenvalue weighted by Gasteiger charge is 2.09. The summed E-state index contributed by atoms with van der Waals surface area (Å²) in [5, 5.41) is 8.87. The lowest BCUT2D eigenvalue weighted by atomic mass is 10.2. The second kappa shape index (κ2) is 6.22. The Hall–Kier alpha value is -2.80. The van der Waals surface area contributed by atoms with Gasteiger partial charge in [0.1, 0.15) is 17.6 Å². The van der Waals surface area contributed by atoms with E-state index in [0.717, 1.165) is 0 Å². The van der Waals surface area contributed by atoms with E-state index in [9.17, 15) is 4.79 Å². The highest BCUT2D eigenvalue weighted by molar-refractivity contribution is 5.74. The van der Waals surface area contributed by atoms with Crippen LogP contribution >= 0.6 is 0 Å². The number of ether oxygens (including phenoxy) is 2. The maximum Gasteiger partial charge on any atom is 0.349 e. The molecule has 0 heterocycles. The van der Waals surface area contributed by atoms with Gasteiger partial charge in [0.25, 0.3) is 0 Å². The first-order valence-corrected chi connectivity index (χ1v) is 5.67. The number of para-hydroxylation sites is 2. The molecular formula is C15H11NO3. The van der Waals surface area contributed by atoms with Gasteiger partial charge in [-0.15, -0.1) is 0 Å². The monoisotopic (exact) mass is 253 g/mol. The van der Waals surface area contributed by atoms with Gasteiger partial charge in [-0.3, -0.25) is 0 Å². The van der Waals surface area contributed by atoms with E-state index in [4.69, 9.17) is 14.7 Å². The number of benzene rings is 2. The molecule has 0 radical (unpaired) electrons. The molecule has 0 N–H and O–H groups in total. The SMILES string of the molecule is N#Cc1ccccc1OC(=O)COc1ccccc1. The second-order valence-corrected chi connectivity index (χ2v) is 3.68. The molecule has 4 heteroatoms. The molecule has 0 aliphatic carbocycles. The van der Waals surface area contributed by atoms with Crippen molar-refractivity contribution in [1.29, 1.82) is 5.26 Å². The molecule has 0 unspecified atom stereocenters. The van der Waals surface area contributed by atoms with Crippen molar-refractivity contribution in [2.75, 3.05) is 6.61 Å². The lowest BCUT2D eigenvalue weighted by Gasteiger charge is -2.07. The summed E-state index contributed by atoms with van der Waals surface area (Å²) in [7, 11) is 0. The van der Waals surface area contributed by atoms with Gasteiger partial charge in [0.05, 0.1) is 5.56 Å². The summed E-state index contributed by atoms with van der Waals surface area (Å²) in [5.41, 5.74) is 0.315. The van der Waals surface area contributed by atoms with Crippen LogP contribution in [0.3, 0.4) is 0 Å². The molecule has 19 heavy (non-hydrogen) atoms. The molecule has 0 aliphatic heterocycles. The Morgan fingerprint density at radius 1 is 1.05 bits per heavy atom. The van der Waals surface area contributed by atoms with Crippen LogP contribution in [0.2, 0.25) is 0 Å². The van der Waals surface area contributed by atoms with Crippen molar-refractivity contribution in [2.45, 2.75) is 0 Å². The summed E-state index contributed by atoms with van der Waals surface area (Å²) >= 11 is 0. The topological polar surface area (TPSA) is 59.3 Å². The van der Waals surface area contributed by atoms with E-state index in [2.05, 4.69) is 0 Å². The van der Waals surface area contributed by atoms with Gasteiger partial charge >= 0.3 is 5.97 Å². The molecule has 0 spiro atoms. The number of rotatable bonds is 4. The zero-order chi connectivity index (χ0) is 13.5.